The van der Waals surface area contributed by atoms with Crippen molar-refractivity contribution in [3.63, 3.8) is 0 Å². The molecule has 0 radical (unpaired) electrons. The summed E-state index contributed by atoms with van der Waals surface area (Å²) >= 11 is 0. The van der Waals surface area contributed by atoms with Crippen molar-refractivity contribution in [3.8, 4) is 12.3 Å². The minimum Gasteiger partial charge on any atom is -0.481 e. The number of hydrogen-bond donors (Lipinski definition) is 2. The van der Waals surface area contributed by atoms with Crippen LogP contribution in [0.2, 0.25) is 0 Å². The molecule has 1 saturated carbocycles. The fraction of sp³-hybridized carbons (Fsp3) is 0.600. The molecule has 0 aliphatic heterocycles. The van der Waals surface area contributed by atoms with Crippen molar-refractivity contribution in [2.24, 2.45) is 29.6 Å². The zero-order valence-corrected chi connectivity index (χ0v) is 11.2. The highest BCUT2D eigenvalue weighted by Crippen LogP contribution is 2.48. The molecule has 0 aromatic rings. The Balaban J connectivity index is 2.13. The number of nitrogens with one attached hydrogen (secondary N) is 1. The molecule has 0 heterocycles. The summed E-state index contributed by atoms with van der Waals surface area (Å²) in [5, 5.41) is 12.1. The van der Waals surface area contributed by atoms with Crippen LogP contribution in [-0.2, 0) is 9.59 Å². The molecule has 0 aromatic heterocycles. The second kappa shape index (κ2) is 5.08. The molecule has 2 aliphatic rings. The Kier molecular flexibility index (Phi) is 3.66. The smallest absolute Gasteiger partial charge is 0.307 e. The van der Waals surface area contributed by atoms with Crippen molar-refractivity contribution in [3.05, 3.63) is 12.2 Å². The highest BCUT2D eigenvalue weighted by Gasteiger charge is 2.51. The van der Waals surface area contributed by atoms with Crippen LogP contribution in [0.15, 0.2) is 12.2 Å². The third-order valence-electron chi connectivity index (χ3n) is 4.19. The van der Waals surface area contributed by atoms with Gasteiger partial charge >= 0.3 is 5.97 Å². The molecule has 2 rings (SSSR count). The van der Waals surface area contributed by atoms with E-state index in [9.17, 15) is 14.7 Å². The number of carboxylic acid groups (broad SMARTS) is 1. The van der Waals surface area contributed by atoms with Gasteiger partial charge in [-0.2, -0.15) is 0 Å². The Morgan fingerprint density at radius 1 is 1.32 bits per heavy atom. The molecule has 0 saturated heterocycles. The Bertz CT molecular complexity index is 461. The molecule has 102 valence electrons. The van der Waals surface area contributed by atoms with Crippen LogP contribution in [0.5, 0.6) is 0 Å². The van der Waals surface area contributed by atoms with Gasteiger partial charge in [0.25, 0.3) is 0 Å². The van der Waals surface area contributed by atoms with Gasteiger partial charge in [-0.05, 0) is 24.2 Å². The van der Waals surface area contributed by atoms with Crippen molar-refractivity contribution >= 4 is 11.9 Å². The van der Waals surface area contributed by atoms with Gasteiger partial charge in [0.1, 0.15) is 0 Å². The summed E-state index contributed by atoms with van der Waals surface area (Å²) in [4.78, 5) is 23.7. The molecular weight excluding hydrogens is 242 g/mol. The zero-order valence-electron chi connectivity index (χ0n) is 11.2. The Hall–Kier alpha value is -1.76. The molecular formula is C15H19NO3. The van der Waals surface area contributed by atoms with Crippen LogP contribution in [0.25, 0.3) is 0 Å². The van der Waals surface area contributed by atoms with E-state index in [1.165, 1.54) is 0 Å². The predicted octanol–water partition coefficient (Wildman–Crippen LogP) is 1.28. The number of fused-ring (bicyclic) bond motifs is 2. The minimum absolute atomic E-state index is 0.0124. The number of carbonyl (C=O) groups is 2. The largest absolute Gasteiger partial charge is 0.481 e. The maximum Gasteiger partial charge on any atom is 0.307 e. The predicted molar refractivity (Wildman–Crippen MR) is 71.0 cm³/mol. The van der Waals surface area contributed by atoms with Gasteiger partial charge in [-0.15, -0.1) is 6.42 Å². The van der Waals surface area contributed by atoms with Crippen LogP contribution < -0.4 is 5.32 Å². The molecule has 2 N–H and O–H groups in total. The van der Waals surface area contributed by atoms with Crippen molar-refractivity contribution in [2.45, 2.75) is 26.3 Å². The van der Waals surface area contributed by atoms with Crippen LogP contribution in [0.4, 0.5) is 0 Å². The van der Waals surface area contributed by atoms with Crippen molar-refractivity contribution in [1.82, 2.24) is 5.32 Å². The topological polar surface area (TPSA) is 66.4 Å². The number of hydrogen-bond acceptors (Lipinski definition) is 2. The number of amides is 1. The molecule has 0 aromatic carbocycles. The maximum absolute atomic E-state index is 12.3. The van der Waals surface area contributed by atoms with Crippen LogP contribution in [0.1, 0.15) is 20.3 Å². The highest BCUT2D eigenvalue weighted by atomic mass is 16.4. The number of allylic oxidation sites excluding steroid dienone is 2. The molecule has 4 nitrogen and oxygen atoms in total. The van der Waals surface area contributed by atoms with Crippen molar-refractivity contribution in [2.75, 3.05) is 0 Å². The van der Waals surface area contributed by atoms with Crippen LogP contribution in [-0.4, -0.2) is 23.0 Å². The first-order chi connectivity index (χ1) is 8.95. The maximum atomic E-state index is 12.3. The molecule has 0 spiro atoms. The first-order valence-corrected chi connectivity index (χ1v) is 6.63. The lowest BCUT2D eigenvalue weighted by Gasteiger charge is -2.26. The van der Waals surface area contributed by atoms with Crippen LogP contribution in [0, 0.1) is 41.9 Å². The van der Waals surface area contributed by atoms with E-state index in [0.29, 0.717) is 0 Å². The Morgan fingerprint density at radius 3 is 2.37 bits per heavy atom. The average molecular weight is 261 g/mol. The zero-order chi connectivity index (χ0) is 14.2. The van der Waals surface area contributed by atoms with Gasteiger partial charge in [-0.1, -0.05) is 31.9 Å². The van der Waals surface area contributed by atoms with E-state index in [1.54, 1.807) is 0 Å². The molecule has 5 atom stereocenters. The summed E-state index contributed by atoms with van der Waals surface area (Å²) < 4.78 is 0. The average Bonchev–Trinajstić information content (AvgIpc) is 2.94. The lowest BCUT2D eigenvalue weighted by atomic mass is 9.82. The molecule has 1 amide bonds. The quantitative estimate of drug-likeness (QED) is 0.592. The van der Waals surface area contributed by atoms with Gasteiger partial charge in [0.15, 0.2) is 0 Å². The molecule has 1 fully saturated rings. The van der Waals surface area contributed by atoms with E-state index in [4.69, 9.17) is 6.42 Å². The fourth-order valence-corrected chi connectivity index (χ4v) is 3.17. The number of carbonyl (C=O) groups excluding carboxylic acids is 1. The molecule has 2 aliphatic carbocycles. The third-order valence-corrected chi connectivity index (χ3v) is 4.19. The van der Waals surface area contributed by atoms with E-state index in [2.05, 4.69) is 11.2 Å². The summed E-state index contributed by atoms with van der Waals surface area (Å²) in [5.41, 5.74) is 0. The lowest BCUT2D eigenvalue weighted by molar-refractivity contribution is -0.147. The summed E-state index contributed by atoms with van der Waals surface area (Å²) in [6, 6.07) is -0.343. The number of carboxylic acids is 1. The summed E-state index contributed by atoms with van der Waals surface area (Å²) in [7, 11) is 0. The number of aliphatic carboxylic acids is 1. The monoisotopic (exact) mass is 261 g/mol. The van der Waals surface area contributed by atoms with Gasteiger partial charge in [-0.3, -0.25) is 9.59 Å². The highest BCUT2D eigenvalue weighted by molar-refractivity contribution is 5.87. The van der Waals surface area contributed by atoms with E-state index < -0.39 is 17.8 Å². The fourth-order valence-electron chi connectivity index (χ4n) is 3.17. The van der Waals surface area contributed by atoms with E-state index in [1.807, 2.05) is 26.0 Å². The number of terminal acetylenes is 1. The third kappa shape index (κ3) is 2.37. The van der Waals surface area contributed by atoms with Gasteiger partial charge in [0.2, 0.25) is 5.91 Å². The SMILES string of the molecule is C#CC(NC(=O)[C@H]1C2C=CC(C2)[C@H]1C(=O)O)C(C)C. The van der Waals surface area contributed by atoms with E-state index in [0.717, 1.165) is 6.42 Å². The summed E-state index contributed by atoms with van der Waals surface area (Å²) in [6.45, 7) is 3.86. The second-order valence-corrected chi connectivity index (χ2v) is 5.74. The van der Waals surface area contributed by atoms with Gasteiger partial charge in [0.05, 0.1) is 17.9 Å². The van der Waals surface area contributed by atoms with E-state index in [-0.39, 0.29) is 29.7 Å². The van der Waals surface area contributed by atoms with Crippen molar-refractivity contribution in [1.29, 1.82) is 0 Å². The van der Waals surface area contributed by atoms with Gasteiger partial charge < -0.3 is 10.4 Å². The van der Waals surface area contributed by atoms with Crippen LogP contribution >= 0.6 is 0 Å². The van der Waals surface area contributed by atoms with Crippen LogP contribution in [0.3, 0.4) is 0 Å². The number of rotatable bonds is 4. The lowest BCUT2D eigenvalue weighted by Crippen LogP contribution is -2.45. The minimum atomic E-state index is -0.890. The second-order valence-electron chi connectivity index (χ2n) is 5.74. The Labute approximate surface area is 113 Å². The standard InChI is InChI=1S/C15H19NO3/c1-4-11(8(2)3)16-14(17)12-9-5-6-10(7-9)13(12)15(18)19/h1,5-6,8-13H,7H2,2-3H3,(H,16,17)(H,18,19)/t9?,10?,11?,12-,13+/m0/s1. The molecule has 4 heteroatoms. The van der Waals surface area contributed by atoms with Gasteiger partial charge in [0, 0.05) is 0 Å². The summed E-state index contributed by atoms with van der Waals surface area (Å²) in [5.74, 6) is 0.498. The first-order valence-electron chi connectivity index (χ1n) is 6.63. The summed E-state index contributed by atoms with van der Waals surface area (Å²) in [6.07, 6.45) is 10.0. The first kappa shape index (κ1) is 13.7. The van der Waals surface area contributed by atoms with Crippen molar-refractivity contribution < 1.29 is 14.7 Å². The molecule has 2 bridgehead atoms. The molecule has 3 unspecified atom stereocenters. The Morgan fingerprint density at radius 2 is 1.89 bits per heavy atom. The van der Waals surface area contributed by atoms with Gasteiger partial charge in [-0.25, -0.2) is 0 Å². The normalized spacial score (nSPS) is 33.2. The molecule has 19 heavy (non-hydrogen) atoms. The van der Waals surface area contributed by atoms with E-state index >= 15 is 0 Å².